The molecule has 1 aliphatic carbocycles. The number of hydrogen-bond donors (Lipinski definition) is 0. The first kappa shape index (κ1) is 13.6. The maximum atomic E-state index is 8.75. The lowest BCUT2D eigenvalue weighted by Crippen LogP contribution is -2.47. The summed E-state index contributed by atoms with van der Waals surface area (Å²) in [6, 6.07) is 11.2. The van der Waals surface area contributed by atoms with Gasteiger partial charge in [-0.3, -0.25) is 4.90 Å². The van der Waals surface area contributed by atoms with Crippen LogP contribution >= 0.6 is 0 Å². The fourth-order valence-electron chi connectivity index (χ4n) is 3.59. The Hall–Kier alpha value is -1.37. The van der Waals surface area contributed by atoms with Gasteiger partial charge in [0.05, 0.1) is 12.6 Å². The van der Waals surface area contributed by atoms with Gasteiger partial charge in [0.15, 0.2) is 0 Å². The molecule has 1 unspecified atom stereocenters. The number of fused-ring (bicyclic) bond motifs is 1. The average molecular weight is 269 g/mol. The van der Waals surface area contributed by atoms with Crippen LogP contribution in [-0.4, -0.2) is 49.1 Å². The number of hydrogen-bond acceptors (Lipinski definition) is 3. The molecule has 0 bridgehead atoms. The highest BCUT2D eigenvalue weighted by molar-refractivity contribution is 5.32. The molecule has 0 amide bonds. The molecule has 1 aromatic carbocycles. The SMILES string of the molecule is N#CCN1CCN(CC2CCCc3ccccc32)CC1. The Balaban J connectivity index is 1.59. The molecule has 1 atom stereocenters. The third-order valence-corrected chi connectivity index (χ3v) is 4.73. The van der Waals surface area contributed by atoms with Gasteiger partial charge < -0.3 is 4.90 Å². The standard InChI is InChI=1S/C17H23N3/c18-8-9-19-10-12-20(13-11-19)14-16-6-3-5-15-4-1-2-7-17(15)16/h1-2,4,7,16H,3,5-6,9-14H2. The summed E-state index contributed by atoms with van der Waals surface area (Å²) in [5.41, 5.74) is 3.14. The van der Waals surface area contributed by atoms with Crippen molar-refractivity contribution in [3.8, 4) is 6.07 Å². The molecule has 0 N–H and O–H groups in total. The lowest BCUT2D eigenvalue weighted by Gasteiger charge is -2.37. The van der Waals surface area contributed by atoms with Gasteiger partial charge in [-0.25, -0.2) is 0 Å². The van der Waals surface area contributed by atoms with Gasteiger partial charge in [-0.05, 0) is 36.3 Å². The van der Waals surface area contributed by atoms with E-state index in [4.69, 9.17) is 5.26 Å². The Kier molecular flexibility index (Phi) is 4.34. The average Bonchev–Trinajstić information content (AvgIpc) is 2.50. The van der Waals surface area contributed by atoms with Gasteiger partial charge in [-0.2, -0.15) is 5.26 Å². The van der Waals surface area contributed by atoms with Crippen LogP contribution in [0.4, 0.5) is 0 Å². The van der Waals surface area contributed by atoms with Gasteiger partial charge in [0.25, 0.3) is 0 Å². The van der Waals surface area contributed by atoms with Crippen molar-refractivity contribution >= 4 is 0 Å². The van der Waals surface area contributed by atoms with E-state index in [2.05, 4.69) is 40.1 Å². The first-order valence-electron chi connectivity index (χ1n) is 7.76. The zero-order valence-electron chi connectivity index (χ0n) is 12.1. The summed E-state index contributed by atoms with van der Waals surface area (Å²) in [7, 11) is 0. The van der Waals surface area contributed by atoms with E-state index in [1.54, 1.807) is 11.1 Å². The van der Waals surface area contributed by atoms with Crippen molar-refractivity contribution in [2.24, 2.45) is 0 Å². The quantitative estimate of drug-likeness (QED) is 0.788. The Morgan fingerprint density at radius 1 is 1.10 bits per heavy atom. The second kappa shape index (κ2) is 6.39. The van der Waals surface area contributed by atoms with E-state index in [0.717, 1.165) is 26.2 Å². The van der Waals surface area contributed by atoms with Crippen molar-refractivity contribution in [3.63, 3.8) is 0 Å². The number of benzene rings is 1. The topological polar surface area (TPSA) is 30.3 Å². The summed E-state index contributed by atoms with van der Waals surface area (Å²) < 4.78 is 0. The van der Waals surface area contributed by atoms with Crippen molar-refractivity contribution in [3.05, 3.63) is 35.4 Å². The maximum absolute atomic E-state index is 8.75. The van der Waals surface area contributed by atoms with E-state index in [0.29, 0.717) is 12.5 Å². The highest BCUT2D eigenvalue weighted by atomic mass is 15.3. The number of nitrogens with zero attached hydrogens (tertiary/aromatic N) is 3. The predicted octanol–water partition coefficient (Wildman–Crippen LogP) is 2.25. The smallest absolute Gasteiger partial charge is 0.0866 e. The van der Waals surface area contributed by atoms with Gasteiger partial charge in [0, 0.05) is 32.7 Å². The number of aryl methyl sites for hydroxylation is 1. The highest BCUT2D eigenvalue weighted by Gasteiger charge is 2.24. The molecule has 0 radical (unpaired) electrons. The van der Waals surface area contributed by atoms with Crippen molar-refractivity contribution in [2.45, 2.75) is 25.2 Å². The summed E-state index contributed by atoms with van der Waals surface area (Å²) in [4.78, 5) is 4.84. The third-order valence-electron chi connectivity index (χ3n) is 4.73. The maximum Gasteiger partial charge on any atom is 0.0866 e. The van der Waals surface area contributed by atoms with Crippen LogP contribution in [0.1, 0.15) is 29.9 Å². The van der Waals surface area contributed by atoms with Crippen LogP contribution in [-0.2, 0) is 6.42 Å². The number of piperazine rings is 1. The zero-order valence-corrected chi connectivity index (χ0v) is 12.1. The highest BCUT2D eigenvalue weighted by Crippen LogP contribution is 2.32. The molecule has 1 aliphatic heterocycles. The van der Waals surface area contributed by atoms with Crippen LogP contribution in [0.2, 0.25) is 0 Å². The van der Waals surface area contributed by atoms with Crippen molar-refractivity contribution in [1.82, 2.24) is 9.80 Å². The second-order valence-electron chi connectivity index (χ2n) is 6.02. The molecule has 0 spiro atoms. The monoisotopic (exact) mass is 269 g/mol. The molecule has 3 rings (SSSR count). The minimum atomic E-state index is 0.583. The van der Waals surface area contributed by atoms with E-state index in [9.17, 15) is 0 Å². The Bertz CT molecular complexity index is 483. The van der Waals surface area contributed by atoms with Crippen LogP contribution < -0.4 is 0 Å². The largest absolute Gasteiger partial charge is 0.300 e. The summed E-state index contributed by atoms with van der Waals surface area (Å²) in [6.45, 7) is 6.09. The van der Waals surface area contributed by atoms with Gasteiger partial charge >= 0.3 is 0 Å². The van der Waals surface area contributed by atoms with E-state index in [1.807, 2.05) is 0 Å². The molecule has 2 aliphatic rings. The Labute approximate surface area is 121 Å². The van der Waals surface area contributed by atoms with Gasteiger partial charge in [0.1, 0.15) is 0 Å². The van der Waals surface area contributed by atoms with Crippen LogP contribution in [0.25, 0.3) is 0 Å². The van der Waals surface area contributed by atoms with Gasteiger partial charge in [-0.15, -0.1) is 0 Å². The van der Waals surface area contributed by atoms with Gasteiger partial charge in [0.2, 0.25) is 0 Å². The van der Waals surface area contributed by atoms with Gasteiger partial charge in [-0.1, -0.05) is 24.3 Å². The van der Waals surface area contributed by atoms with Crippen LogP contribution in [0, 0.1) is 11.3 Å². The molecule has 3 nitrogen and oxygen atoms in total. The Morgan fingerprint density at radius 3 is 2.65 bits per heavy atom. The normalized spacial score (nSPS) is 24.1. The van der Waals surface area contributed by atoms with Crippen LogP contribution in [0.5, 0.6) is 0 Å². The summed E-state index contributed by atoms with van der Waals surface area (Å²) >= 11 is 0. The van der Waals surface area contributed by atoms with E-state index in [1.165, 1.54) is 25.8 Å². The zero-order chi connectivity index (χ0) is 13.8. The molecule has 0 aromatic heterocycles. The lowest BCUT2D eigenvalue weighted by atomic mass is 9.82. The number of rotatable bonds is 3. The molecule has 1 aromatic rings. The summed E-state index contributed by atoms with van der Waals surface area (Å²) in [6.07, 6.45) is 3.91. The fourth-order valence-corrected chi connectivity index (χ4v) is 3.59. The van der Waals surface area contributed by atoms with Crippen LogP contribution in [0.15, 0.2) is 24.3 Å². The molecule has 1 saturated heterocycles. The molecule has 20 heavy (non-hydrogen) atoms. The molecule has 106 valence electrons. The Morgan fingerprint density at radius 2 is 1.85 bits per heavy atom. The third kappa shape index (κ3) is 3.03. The van der Waals surface area contributed by atoms with Crippen LogP contribution in [0.3, 0.4) is 0 Å². The molecular formula is C17H23N3. The number of nitriles is 1. The fraction of sp³-hybridized carbons (Fsp3) is 0.588. The molecule has 1 heterocycles. The van der Waals surface area contributed by atoms with E-state index < -0.39 is 0 Å². The molecule has 0 saturated carbocycles. The second-order valence-corrected chi connectivity index (χ2v) is 6.02. The van der Waals surface area contributed by atoms with Crippen molar-refractivity contribution in [1.29, 1.82) is 5.26 Å². The predicted molar refractivity (Wildman–Crippen MR) is 80.6 cm³/mol. The molecule has 3 heteroatoms. The van der Waals surface area contributed by atoms with E-state index >= 15 is 0 Å². The lowest BCUT2D eigenvalue weighted by molar-refractivity contribution is 0.135. The van der Waals surface area contributed by atoms with Crippen molar-refractivity contribution in [2.75, 3.05) is 39.3 Å². The molecular weight excluding hydrogens is 246 g/mol. The first-order valence-corrected chi connectivity index (χ1v) is 7.76. The van der Waals surface area contributed by atoms with Crippen molar-refractivity contribution < 1.29 is 0 Å². The molecule has 1 fully saturated rings. The first-order chi connectivity index (χ1) is 9.86. The minimum Gasteiger partial charge on any atom is -0.300 e. The minimum absolute atomic E-state index is 0.583. The summed E-state index contributed by atoms with van der Waals surface area (Å²) in [5, 5.41) is 8.75. The summed E-state index contributed by atoms with van der Waals surface area (Å²) in [5.74, 6) is 0.711. The van der Waals surface area contributed by atoms with E-state index in [-0.39, 0.29) is 0 Å².